The van der Waals surface area contributed by atoms with E-state index in [1.807, 2.05) is 6.92 Å². The first-order valence-corrected chi connectivity index (χ1v) is 6.78. The molecule has 0 fully saturated rings. The van der Waals surface area contributed by atoms with Gasteiger partial charge in [0.25, 0.3) is 0 Å². The van der Waals surface area contributed by atoms with Crippen molar-refractivity contribution in [3.8, 4) is 5.75 Å². The van der Waals surface area contributed by atoms with Gasteiger partial charge < -0.3 is 15.2 Å². The fourth-order valence-electron chi connectivity index (χ4n) is 2.11. The summed E-state index contributed by atoms with van der Waals surface area (Å²) in [7, 11) is 1.58. The van der Waals surface area contributed by atoms with Gasteiger partial charge in [0.15, 0.2) is 6.04 Å². The van der Waals surface area contributed by atoms with E-state index in [1.54, 1.807) is 49.6 Å². The van der Waals surface area contributed by atoms with E-state index in [0.717, 1.165) is 11.3 Å². The Balaban J connectivity index is 2.31. The SMILES string of the molecule is COc1ccc(C(Nc2cccc(Cl)c2)C(=O)O)cc1C. The van der Waals surface area contributed by atoms with Crippen LogP contribution in [0.3, 0.4) is 0 Å². The van der Waals surface area contributed by atoms with E-state index in [2.05, 4.69) is 5.32 Å². The predicted octanol–water partition coefficient (Wildman–Crippen LogP) is 3.89. The molecule has 0 aliphatic rings. The van der Waals surface area contributed by atoms with E-state index in [-0.39, 0.29) is 0 Å². The Hall–Kier alpha value is -2.20. The number of carbonyl (C=O) groups is 1. The van der Waals surface area contributed by atoms with Gasteiger partial charge in [-0.05, 0) is 48.4 Å². The molecule has 0 spiro atoms. The molecule has 1 unspecified atom stereocenters. The molecule has 0 bridgehead atoms. The highest BCUT2D eigenvalue weighted by atomic mass is 35.5. The molecule has 0 amide bonds. The van der Waals surface area contributed by atoms with Gasteiger partial charge in [-0.25, -0.2) is 4.79 Å². The smallest absolute Gasteiger partial charge is 0.330 e. The molecule has 0 aliphatic carbocycles. The maximum Gasteiger partial charge on any atom is 0.330 e. The summed E-state index contributed by atoms with van der Waals surface area (Å²) in [5.74, 6) is -0.231. The summed E-state index contributed by atoms with van der Waals surface area (Å²) in [5, 5.41) is 13.0. The van der Waals surface area contributed by atoms with Crippen LogP contribution in [0.2, 0.25) is 5.02 Å². The number of carboxylic acid groups (broad SMARTS) is 1. The minimum absolute atomic E-state index is 0.551. The lowest BCUT2D eigenvalue weighted by atomic mass is 10.0. The first kappa shape index (κ1) is 15.2. The molecule has 5 heteroatoms. The molecule has 2 rings (SSSR count). The molecule has 2 aromatic carbocycles. The highest BCUT2D eigenvalue weighted by Crippen LogP contribution is 2.26. The van der Waals surface area contributed by atoms with Gasteiger partial charge in [-0.2, -0.15) is 0 Å². The fraction of sp³-hybridized carbons (Fsp3) is 0.188. The normalized spacial score (nSPS) is 11.8. The van der Waals surface area contributed by atoms with Crippen molar-refractivity contribution in [1.29, 1.82) is 0 Å². The second-order valence-electron chi connectivity index (χ2n) is 4.65. The Morgan fingerprint density at radius 3 is 2.62 bits per heavy atom. The number of aliphatic carboxylic acids is 1. The number of halogens is 1. The molecular weight excluding hydrogens is 290 g/mol. The van der Waals surface area contributed by atoms with Crippen molar-refractivity contribution in [2.75, 3.05) is 12.4 Å². The second kappa shape index (κ2) is 6.50. The highest BCUT2D eigenvalue weighted by Gasteiger charge is 2.20. The molecule has 1 atom stereocenters. The van der Waals surface area contributed by atoms with Gasteiger partial charge in [0.2, 0.25) is 0 Å². The molecule has 21 heavy (non-hydrogen) atoms. The lowest BCUT2D eigenvalue weighted by molar-refractivity contribution is -0.138. The Labute approximate surface area is 128 Å². The third kappa shape index (κ3) is 3.67. The van der Waals surface area contributed by atoms with Crippen molar-refractivity contribution in [1.82, 2.24) is 0 Å². The maximum absolute atomic E-state index is 11.5. The minimum Gasteiger partial charge on any atom is -0.496 e. The molecule has 0 saturated heterocycles. The van der Waals surface area contributed by atoms with Gasteiger partial charge in [0.1, 0.15) is 5.75 Å². The summed E-state index contributed by atoms with van der Waals surface area (Å²) in [6, 6.07) is 11.4. The summed E-state index contributed by atoms with van der Waals surface area (Å²) < 4.78 is 5.19. The van der Waals surface area contributed by atoms with Crippen molar-refractivity contribution < 1.29 is 14.6 Å². The van der Waals surface area contributed by atoms with Crippen LogP contribution in [-0.4, -0.2) is 18.2 Å². The molecule has 0 aromatic heterocycles. The number of benzene rings is 2. The average molecular weight is 306 g/mol. The molecular formula is C16H16ClNO3. The van der Waals surface area contributed by atoms with Crippen LogP contribution in [0.15, 0.2) is 42.5 Å². The van der Waals surface area contributed by atoms with E-state index in [0.29, 0.717) is 16.3 Å². The molecule has 0 heterocycles. The van der Waals surface area contributed by atoms with Crippen LogP contribution in [0.5, 0.6) is 5.75 Å². The summed E-state index contributed by atoms with van der Waals surface area (Å²) in [4.78, 5) is 11.5. The number of hydrogen-bond donors (Lipinski definition) is 2. The van der Waals surface area contributed by atoms with E-state index < -0.39 is 12.0 Å². The number of methoxy groups -OCH3 is 1. The molecule has 0 saturated carbocycles. The summed E-state index contributed by atoms with van der Waals surface area (Å²) in [6.07, 6.45) is 0. The van der Waals surface area contributed by atoms with Crippen LogP contribution in [-0.2, 0) is 4.79 Å². The van der Waals surface area contributed by atoms with Gasteiger partial charge >= 0.3 is 5.97 Å². The monoisotopic (exact) mass is 305 g/mol. The van der Waals surface area contributed by atoms with E-state index in [1.165, 1.54) is 0 Å². The zero-order valence-corrected chi connectivity index (χ0v) is 12.5. The average Bonchev–Trinajstić information content (AvgIpc) is 2.44. The summed E-state index contributed by atoms with van der Waals surface area (Å²) in [6.45, 7) is 1.88. The van der Waals surface area contributed by atoms with Crippen molar-refractivity contribution in [3.05, 3.63) is 58.6 Å². The lowest BCUT2D eigenvalue weighted by Crippen LogP contribution is -2.20. The maximum atomic E-state index is 11.5. The van der Waals surface area contributed by atoms with Crippen molar-refractivity contribution in [3.63, 3.8) is 0 Å². The van der Waals surface area contributed by atoms with Crippen LogP contribution in [0.4, 0.5) is 5.69 Å². The summed E-state index contributed by atoms with van der Waals surface area (Å²) >= 11 is 5.91. The number of nitrogens with one attached hydrogen (secondary N) is 1. The molecule has 4 nitrogen and oxygen atoms in total. The van der Waals surface area contributed by atoms with Crippen molar-refractivity contribution in [2.24, 2.45) is 0 Å². The standard InChI is InChI=1S/C16H16ClNO3/c1-10-8-11(6-7-14(10)21-2)15(16(19)20)18-13-5-3-4-12(17)9-13/h3-9,15,18H,1-2H3,(H,19,20). The molecule has 2 aromatic rings. The molecule has 110 valence electrons. The number of carboxylic acids is 1. The third-order valence-electron chi connectivity index (χ3n) is 3.13. The van der Waals surface area contributed by atoms with Gasteiger partial charge in [-0.1, -0.05) is 23.7 Å². The minimum atomic E-state index is -0.959. The van der Waals surface area contributed by atoms with Gasteiger partial charge in [-0.15, -0.1) is 0 Å². The van der Waals surface area contributed by atoms with Crippen LogP contribution < -0.4 is 10.1 Å². The number of ether oxygens (including phenoxy) is 1. The van der Waals surface area contributed by atoms with E-state index >= 15 is 0 Å². The van der Waals surface area contributed by atoms with E-state index in [9.17, 15) is 9.90 Å². The number of aryl methyl sites for hydroxylation is 1. The van der Waals surface area contributed by atoms with E-state index in [4.69, 9.17) is 16.3 Å². The number of anilines is 1. The Bertz CT molecular complexity index is 658. The fourth-order valence-corrected chi connectivity index (χ4v) is 2.30. The number of hydrogen-bond acceptors (Lipinski definition) is 3. The Kier molecular flexibility index (Phi) is 4.70. The second-order valence-corrected chi connectivity index (χ2v) is 5.09. The highest BCUT2D eigenvalue weighted by molar-refractivity contribution is 6.30. The van der Waals surface area contributed by atoms with Gasteiger partial charge in [0, 0.05) is 10.7 Å². The Morgan fingerprint density at radius 2 is 2.05 bits per heavy atom. The largest absolute Gasteiger partial charge is 0.496 e. The zero-order valence-electron chi connectivity index (χ0n) is 11.8. The predicted molar refractivity (Wildman–Crippen MR) is 83.2 cm³/mol. The topological polar surface area (TPSA) is 58.6 Å². The quantitative estimate of drug-likeness (QED) is 0.879. The first-order valence-electron chi connectivity index (χ1n) is 6.40. The van der Waals surface area contributed by atoms with Crippen molar-refractivity contribution in [2.45, 2.75) is 13.0 Å². The van der Waals surface area contributed by atoms with Crippen LogP contribution in [0.25, 0.3) is 0 Å². The van der Waals surface area contributed by atoms with Gasteiger partial charge in [0.05, 0.1) is 7.11 Å². The Morgan fingerprint density at radius 1 is 1.29 bits per heavy atom. The third-order valence-corrected chi connectivity index (χ3v) is 3.37. The lowest BCUT2D eigenvalue weighted by Gasteiger charge is -2.17. The molecule has 2 N–H and O–H groups in total. The molecule has 0 radical (unpaired) electrons. The zero-order chi connectivity index (χ0) is 15.4. The first-order chi connectivity index (χ1) is 10.0. The van der Waals surface area contributed by atoms with Crippen LogP contribution in [0, 0.1) is 6.92 Å². The number of rotatable bonds is 5. The summed E-state index contributed by atoms with van der Waals surface area (Å²) in [5.41, 5.74) is 2.19. The van der Waals surface area contributed by atoms with Crippen LogP contribution >= 0.6 is 11.6 Å². The van der Waals surface area contributed by atoms with Gasteiger partial charge in [-0.3, -0.25) is 0 Å². The molecule has 0 aliphatic heterocycles. The van der Waals surface area contributed by atoms with Crippen molar-refractivity contribution >= 4 is 23.3 Å². The van der Waals surface area contributed by atoms with Crippen LogP contribution in [0.1, 0.15) is 17.2 Å².